The van der Waals surface area contributed by atoms with E-state index in [-0.39, 0.29) is 36.1 Å². The van der Waals surface area contributed by atoms with E-state index in [9.17, 15) is 9.59 Å². The van der Waals surface area contributed by atoms with Crippen LogP contribution < -0.4 is 11.1 Å². The molecule has 0 spiro atoms. The van der Waals surface area contributed by atoms with Crippen molar-refractivity contribution < 1.29 is 14.3 Å². The van der Waals surface area contributed by atoms with Gasteiger partial charge in [0.1, 0.15) is 0 Å². The molecule has 1 atom stereocenters. The summed E-state index contributed by atoms with van der Waals surface area (Å²) in [6, 6.07) is 7.73. The second-order valence-corrected chi connectivity index (χ2v) is 7.78. The average Bonchev–Trinajstić information content (AvgIpc) is 2.73. The number of halogens is 1. The summed E-state index contributed by atoms with van der Waals surface area (Å²) in [5.41, 5.74) is 8.52. The Morgan fingerprint density at radius 1 is 1.14 bits per heavy atom. The molecule has 6 nitrogen and oxygen atoms in total. The molecule has 7 heteroatoms. The first kappa shape index (κ1) is 22.7. The molecule has 1 aromatic carbocycles. The van der Waals surface area contributed by atoms with Crippen molar-refractivity contribution in [3.63, 3.8) is 0 Å². The fourth-order valence-corrected chi connectivity index (χ4v) is 3.89. The number of piperidine rings is 1. The normalized spacial score (nSPS) is 19.6. The molecule has 2 fully saturated rings. The first-order valence-electron chi connectivity index (χ1n) is 10.00. The maximum atomic E-state index is 12.7. The van der Waals surface area contributed by atoms with Crippen LogP contribution in [0.2, 0.25) is 0 Å². The number of carbonyl (C=O) groups excluding carboxylic acids is 2. The van der Waals surface area contributed by atoms with Gasteiger partial charge in [0.05, 0.1) is 6.04 Å². The molecule has 0 radical (unpaired) electrons. The Kier molecular flexibility index (Phi) is 8.73. The molecular weight excluding hydrogens is 378 g/mol. The molecule has 3 rings (SSSR count). The lowest BCUT2D eigenvalue weighted by Gasteiger charge is -2.35. The van der Waals surface area contributed by atoms with Crippen LogP contribution in [0.4, 0.5) is 0 Å². The Morgan fingerprint density at radius 2 is 1.75 bits per heavy atom. The van der Waals surface area contributed by atoms with Crippen LogP contribution >= 0.6 is 12.4 Å². The Balaban J connectivity index is 0.00000280. The predicted octanol–water partition coefficient (Wildman–Crippen LogP) is 2.03. The highest BCUT2D eigenvalue weighted by Crippen LogP contribution is 2.22. The van der Waals surface area contributed by atoms with Crippen molar-refractivity contribution in [2.45, 2.75) is 45.2 Å². The van der Waals surface area contributed by atoms with E-state index in [1.54, 1.807) is 0 Å². The van der Waals surface area contributed by atoms with Crippen LogP contribution in [0.5, 0.6) is 0 Å². The van der Waals surface area contributed by atoms with Gasteiger partial charge in [0, 0.05) is 38.8 Å². The first-order chi connectivity index (χ1) is 13.0. The number of hydrogen-bond acceptors (Lipinski definition) is 4. The number of likely N-dealkylation sites (tertiary alicyclic amines) is 1. The third-order valence-electron chi connectivity index (χ3n) is 5.82. The van der Waals surface area contributed by atoms with Crippen LogP contribution in [0.15, 0.2) is 24.3 Å². The molecule has 28 heavy (non-hydrogen) atoms. The van der Waals surface area contributed by atoms with Crippen LogP contribution in [-0.4, -0.2) is 49.1 Å². The number of benzene rings is 1. The molecule has 0 aliphatic carbocycles. The molecule has 0 saturated carbocycles. The highest BCUT2D eigenvalue weighted by molar-refractivity contribution is 5.85. The van der Waals surface area contributed by atoms with Crippen LogP contribution in [0, 0.1) is 18.8 Å². The number of hydrogen-bond donors (Lipinski definition) is 2. The minimum atomic E-state index is -0.444. The van der Waals surface area contributed by atoms with Crippen molar-refractivity contribution >= 4 is 24.2 Å². The minimum Gasteiger partial charge on any atom is -0.381 e. The standard InChI is InChI=1S/C21H31N3O3.ClH/c1-15-2-4-16(5-3-15)14-23-20(25)18-6-10-24(11-7-18)21(26)19(22)17-8-12-27-13-9-17;/h2-5,17-19H,6-14,22H2,1H3,(H,23,25);1H. The lowest BCUT2D eigenvalue weighted by Crippen LogP contribution is -2.52. The monoisotopic (exact) mass is 409 g/mol. The van der Waals surface area contributed by atoms with Gasteiger partial charge in [0.2, 0.25) is 11.8 Å². The van der Waals surface area contributed by atoms with Gasteiger partial charge in [-0.2, -0.15) is 0 Å². The zero-order valence-electron chi connectivity index (χ0n) is 16.6. The summed E-state index contributed by atoms with van der Waals surface area (Å²) in [4.78, 5) is 27.0. The highest BCUT2D eigenvalue weighted by atomic mass is 35.5. The van der Waals surface area contributed by atoms with Gasteiger partial charge in [-0.05, 0) is 44.1 Å². The minimum absolute atomic E-state index is 0. The van der Waals surface area contributed by atoms with Crippen LogP contribution in [0.3, 0.4) is 0 Å². The number of nitrogens with two attached hydrogens (primary N) is 1. The smallest absolute Gasteiger partial charge is 0.239 e. The van der Waals surface area contributed by atoms with Gasteiger partial charge >= 0.3 is 0 Å². The molecule has 3 N–H and O–H groups in total. The topological polar surface area (TPSA) is 84.7 Å². The van der Waals surface area contributed by atoms with E-state index in [2.05, 4.69) is 5.32 Å². The van der Waals surface area contributed by atoms with E-state index in [4.69, 9.17) is 10.5 Å². The van der Waals surface area contributed by atoms with Gasteiger partial charge in [-0.1, -0.05) is 29.8 Å². The maximum absolute atomic E-state index is 12.7. The number of rotatable bonds is 5. The van der Waals surface area contributed by atoms with Crippen molar-refractivity contribution in [2.24, 2.45) is 17.6 Å². The van der Waals surface area contributed by atoms with Crippen molar-refractivity contribution in [2.75, 3.05) is 26.3 Å². The molecule has 1 unspecified atom stereocenters. The maximum Gasteiger partial charge on any atom is 0.239 e. The van der Waals surface area contributed by atoms with Crippen LogP contribution in [-0.2, 0) is 20.9 Å². The fraction of sp³-hybridized carbons (Fsp3) is 0.619. The number of ether oxygens (including phenoxy) is 1. The summed E-state index contributed by atoms with van der Waals surface area (Å²) in [5.74, 6) is 0.289. The number of aryl methyl sites for hydroxylation is 1. The SMILES string of the molecule is Cc1ccc(CNC(=O)C2CCN(C(=O)C(N)C3CCOCC3)CC2)cc1.Cl. The van der Waals surface area contributed by atoms with Crippen molar-refractivity contribution in [1.82, 2.24) is 10.2 Å². The van der Waals surface area contributed by atoms with E-state index in [0.29, 0.717) is 45.7 Å². The highest BCUT2D eigenvalue weighted by Gasteiger charge is 2.33. The Bertz CT molecular complexity index is 639. The summed E-state index contributed by atoms with van der Waals surface area (Å²) in [6.45, 7) is 5.19. The Morgan fingerprint density at radius 3 is 2.36 bits per heavy atom. The molecule has 2 amide bonds. The van der Waals surface area contributed by atoms with Gasteiger partial charge in [0.15, 0.2) is 0 Å². The van der Waals surface area contributed by atoms with E-state index in [1.807, 2.05) is 36.1 Å². The third-order valence-corrected chi connectivity index (χ3v) is 5.82. The zero-order chi connectivity index (χ0) is 19.2. The predicted molar refractivity (Wildman–Crippen MR) is 111 cm³/mol. The average molecular weight is 410 g/mol. The van der Waals surface area contributed by atoms with E-state index in [1.165, 1.54) is 5.56 Å². The van der Waals surface area contributed by atoms with Crippen LogP contribution in [0.1, 0.15) is 36.8 Å². The number of nitrogens with one attached hydrogen (secondary N) is 1. The van der Waals surface area contributed by atoms with E-state index < -0.39 is 6.04 Å². The number of carbonyl (C=O) groups is 2. The summed E-state index contributed by atoms with van der Waals surface area (Å²) in [5, 5.41) is 3.03. The second kappa shape index (κ2) is 10.8. The van der Waals surface area contributed by atoms with E-state index in [0.717, 1.165) is 18.4 Å². The van der Waals surface area contributed by atoms with E-state index >= 15 is 0 Å². The molecule has 1 aromatic rings. The molecule has 0 bridgehead atoms. The van der Waals surface area contributed by atoms with Gasteiger partial charge in [-0.25, -0.2) is 0 Å². The lowest BCUT2D eigenvalue weighted by atomic mass is 9.90. The second-order valence-electron chi connectivity index (χ2n) is 7.78. The van der Waals surface area contributed by atoms with Crippen molar-refractivity contribution in [3.8, 4) is 0 Å². The molecule has 2 heterocycles. The summed E-state index contributed by atoms with van der Waals surface area (Å²) < 4.78 is 5.35. The third kappa shape index (κ3) is 5.93. The Labute approximate surface area is 173 Å². The quantitative estimate of drug-likeness (QED) is 0.779. The van der Waals surface area contributed by atoms with Gasteiger partial charge < -0.3 is 20.7 Å². The van der Waals surface area contributed by atoms with Crippen molar-refractivity contribution in [3.05, 3.63) is 35.4 Å². The zero-order valence-corrected chi connectivity index (χ0v) is 17.4. The number of nitrogens with zero attached hydrogens (tertiary/aromatic N) is 1. The van der Waals surface area contributed by atoms with Gasteiger partial charge in [-0.3, -0.25) is 9.59 Å². The molecule has 2 aliphatic rings. The fourth-order valence-electron chi connectivity index (χ4n) is 3.89. The van der Waals surface area contributed by atoms with Crippen LogP contribution in [0.25, 0.3) is 0 Å². The van der Waals surface area contributed by atoms with Crippen molar-refractivity contribution in [1.29, 1.82) is 0 Å². The van der Waals surface area contributed by atoms with Gasteiger partial charge in [0.25, 0.3) is 0 Å². The molecule has 2 aliphatic heterocycles. The molecule has 2 saturated heterocycles. The molecule has 156 valence electrons. The summed E-state index contributed by atoms with van der Waals surface area (Å²) >= 11 is 0. The largest absolute Gasteiger partial charge is 0.381 e. The summed E-state index contributed by atoms with van der Waals surface area (Å²) in [6.07, 6.45) is 3.10. The first-order valence-corrected chi connectivity index (χ1v) is 10.00. The molecule has 0 aromatic heterocycles. The summed E-state index contributed by atoms with van der Waals surface area (Å²) in [7, 11) is 0. The lowest BCUT2D eigenvalue weighted by molar-refractivity contribution is -0.138. The molecular formula is C21H32ClN3O3. The number of amides is 2. The Hall–Kier alpha value is -1.63. The van der Waals surface area contributed by atoms with Gasteiger partial charge in [-0.15, -0.1) is 12.4 Å².